The number of likely N-dealkylation sites (N-methyl/N-ethyl adjacent to an activating group) is 1. The van der Waals surface area contributed by atoms with Crippen molar-refractivity contribution in [3.63, 3.8) is 0 Å². The first-order valence-corrected chi connectivity index (χ1v) is 5.87. The van der Waals surface area contributed by atoms with E-state index in [-0.39, 0.29) is 0 Å². The van der Waals surface area contributed by atoms with Crippen molar-refractivity contribution in [2.45, 2.75) is 19.9 Å². The van der Waals surface area contributed by atoms with Crippen molar-refractivity contribution in [2.75, 3.05) is 13.7 Å². The SMILES string of the molecule is CNC(C)COc1cccc2ccc(C)nc12. The summed E-state index contributed by atoms with van der Waals surface area (Å²) < 4.78 is 5.80. The van der Waals surface area contributed by atoms with E-state index in [1.807, 2.05) is 32.2 Å². The van der Waals surface area contributed by atoms with Crippen molar-refractivity contribution in [1.82, 2.24) is 10.3 Å². The van der Waals surface area contributed by atoms with Crippen LogP contribution >= 0.6 is 0 Å². The minimum atomic E-state index is 0.329. The highest BCUT2D eigenvalue weighted by atomic mass is 16.5. The predicted molar refractivity (Wildman–Crippen MR) is 70.5 cm³/mol. The van der Waals surface area contributed by atoms with E-state index in [9.17, 15) is 0 Å². The zero-order valence-electron chi connectivity index (χ0n) is 10.5. The third-order valence-corrected chi connectivity index (χ3v) is 2.80. The van der Waals surface area contributed by atoms with Gasteiger partial charge < -0.3 is 10.1 Å². The van der Waals surface area contributed by atoms with E-state index in [1.165, 1.54) is 0 Å². The van der Waals surface area contributed by atoms with Crippen molar-refractivity contribution in [3.05, 3.63) is 36.0 Å². The van der Waals surface area contributed by atoms with Gasteiger partial charge in [0.25, 0.3) is 0 Å². The Morgan fingerprint density at radius 2 is 2.12 bits per heavy atom. The molecule has 1 aromatic heterocycles. The molecule has 17 heavy (non-hydrogen) atoms. The molecule has 3 heteroatoms. The van der Waals surface area contributed by atoms with Crippen molar-refractivity contribution >= 4 is 10.9 Å². The van der Waals surface area contributed by atoms with Gasteiger partial charge in [0.2, 0.25) is 0 Å². The fourth-order valence-electron chi connectivity index (χ4n) is 1.63. The minimum absolute atomic E-state index is 0.329. The van der Waals surface area contributed by atoms with Crippen LogP contribution in [-0.4, -0.2) is 24.7 Å². The van der Waals surface area contributed by atoms with Crippen molar-refractivity contribution < 1.29 is 4.74 Å². The Bertz CT molecular complexity index is 511. The van der Waals surface area contributed by atoms with Crippen LogP contribution in [0.3, 0.4) is 0 Å². The number of hydrogen-bond donors (Lipinski definition) is 1. The van der Waals surface area contributed by atoms with E-state index in [4.69, 9.17) is 4.74 Å². The van der Waals surface area contributed by atoms with Crippen LogP contribution in [0.4, 0.5) is 0 Å². The fourth-order valence-corrected chi connectivity index (χ4v) is 1.63. The number of hydrogen-bond acceptors (Lipinski definition) is 3. The van der Waals surface area contributed by atoms with Crippen LogP contribution in [0.1, 0.15) is 12.6 Å². The first kappa shape index (κ1) is 11.9. The lowest BCUT2D eigenvalue weighted by Gasteiger charge is -2.13. The van der Waals surface area contributed by atoms with E-state index in [0.717, 1.165) is 22.3 Å². The Balaban J connectivity index is 2.30. The second-order valence-corrected chi connectivity index (χ2v) is 4.28. The zero-order chi connectivity index (χ0) is 12.3. The highest BCUT2D eigenvalue weighted by Crippen LogP contribution is 2.23. The average Bonchev–Trinajstić information content (AvgIpc) is 2.35. The third kappa shape index (κ3) is 2.74. The molecule has 0 radical (unpaired) electrons. The lowest BCUT2D eigenvalue weighted by Crippen LogP contribution is -2.28. The molecular formula is C14H18N2O. The van der Waals surface area contributed by atoms with Crippen molar-refractivity contribution in [2.24, 2.45) is 0 Å². The zero-order valence-corrected chi connectivity index (χ0v) is 10.5. The van der Waals surface area contributed by atoms with Crippen LogP contribution in [0.25, 0.3) is 10.9 Å². The Labute approximate surface area is 102 Å². The molecule has 0 saturated carbocycles. The molecule has 1 heterocycles. The van der Waals surface area contributed by atoms with Gasteiger partial charge in [-0.25, -0.2) is 4.98 Å². The number of ether oxygens (including phenoxy) is 1. The minimum Gasteiger partial charge on any atom is -0.490 e. The van der Waals surface area contributed by atoms with Gasteiger partial charge in [-0.05, 0) is 33.0 Å². The van der Waals surface area contributed by atoms with Gasteiger partial charge >= 0.3 is 0 Å². The smallest absolute Gasteiger partial charge is 0.145 e. The molecule has 2 aromatic rings. The van der Waals surface area contributed by atoms with Gasteiger partial charge in [-0.3, -0.25) is 0 Å². The molecule has 0 spiro atoms. The Hall–Kier alpha value is -1.61. The molecule has 1 N–H and O–H groups in total. The lowest BCUT2D eigenvalue weighted by atomic mass is 10.2. The Kier molecular flexibility index (Phi) is 3.59. The van der Waals surface area contributed by atoms with Crippen molar-refractivity contribution in [3.8, 4) is 5.75 Å². The topological polar surface area (TPSA) is 34.1 Å². The standard InChI is InChI=1S/C14H18N2O/c1-10-7-8-12-5-4-6-13(14(12)16-10)17-9-11(2)15-3/h4-8,11,15H,9H2,1-3H3. The average molecular weight is 230 g/mol. The van der Waals surface area contributed by atoms with E-state index < -0.39 is 0 Å². The van der Waals surface area contributed by atoms with Crippen molar-refractivity contribution in [1.29, 1.82) is 0 Å². The highest BCUT2D eigenvalue weighted by molar-refractivity contribution is 5.84. The first-order chi connectivity index (χ1) is 8.20. The van der Waals surface area contributed by atoms with E-state index in [0.29, 0.717) is 12.6 Å². The summed E-state index contributed by atoms with van der Waals surface area (Å²) >= 11 is 0. The second kappa shape index (κ2) is 5.15. The summed E-state index contributed by atoms with van der Waals surface area (Å²) in [6.45, 7) is 4.72. The molecule has 0 fully saturated rings. The number of rotatable bonds is 4. The summed E-state index contributed by atoms with van der Waals surface area (Å²) in [6, 6.07) is 10.4. The van der Waals surface area contributed by atoms with Crippen LogP contribution in [0, 0.1) is 6.92 Å². The molecule has 2 rings (SSSR count). The number of nitrogens with one attached hydrogen (secondary N) is 1. The maximum atomic E-state index is 5.80. The molecule has 0 bridgehead atoms. The fraction of sp³-hybridized carbons (Fsp3) is 0.357. The maximum Gasteiger partial charge on any atom is 0.145 e. The predicted octanol–water partition coefficient (Wildman–Crippen LogP) is 2.53. The highest BCUT2D eigenvalue weighted by Gasteiger charge is 2.05. The summed E-state index contributed by atoms with van der Waals surface area (Å²) in [5.74, 6) is 0.855. The number of pyridine rings is 1. The lowest BCUT2D eigenvalue weighted by molar-refractivity contribution is 0.282. The van der Waals surface area contributed by atoms with E-state index in [2.05, 4.69) is 29.4 Å². The van der Waals surface area contributed by atoms with Gasteiger partial charge in [-0.2, -0.15) is 0 Å². The largest absolute Gasteiger partial charge is 0.490 e. The van der Waals surface area contributed by atoms with Gasteiger partial charge in [0.15, 0.2) is 0 Å². The molecule has 0 saturated heterocycles. The summed E-state index contributed by atoms with van der Waals surface area (Å²) in [7, 11) is 1.93. The van der Waals surface area contributed by atoms with E-state index in [1.54, 1.807) is 0 Å². The molecule has 1 aromatic carbocycles. The Morgan fingerprint density at radius 3 is 2.88 bits per heavy atom. The third-order valence-electron chi connectivity index (χ3n) is 2.80. The maximum absolute atomic E-state index is 5.80. The number of aryl methyl sites for hydroxylation is 1. The molecular weight excluding hydrogens is 212 g/mol. The van der Waals surface area contributed by atoms with Gasteiger partial charge in [-0.1, -0.05) is 18.2 Å². The van der Waals surface area contributed by atoms with Gasteiger partial charge in [0.1, 0.15) is 17.9 Å². The van der Waals surface area contributed by atoms with E-state index >= 15 is 0 Å². The van der Waals surface area contributed by atoms with Crippen LogP contribution < -0.4 is 10.1 Å². The molecule has 0 aliphatic heterocycles. The quantitative estimate of drug-likeness (QED) is 0.876. The summed E-state index contributed by atoms with van der Waals surface area (Å²) in [6.07, 6.45) is 0. The normalized spacial score (nSPS) is 12.6. The number of aromatic nitrogens is 1. The molecule has 0 aliphatic rings. The first-order valence-electron chi connectivity index (χ1n) is 5.87. The summed E-state index contributed by atoms with van der Waals surface area (Å²) in [5.41, 5.74) is 1.95. The Morgan fingerprint density at radius 1 is 1.29 bits per heavy atom. The number of nitrogens with zero attached hydrogens (tertiary/aromatic N) is 1. The second-order valence-electron chi connectivity index (χ2n) is 4.28. The molecule has 0 aliphatic carbocycles. The molecule has 0 amide bonds. The van der Waals surface area contributed by atoms with Crippen LogP contribution in [-0.2, 0) is 0 Å². The molecule has 90 valence electrons. The summed E-state index contributed by atoms with van der Waals surface area (Å²) in [4.78, 5) is 4.53. The number of para-hydroxylation sites is 1. The van der Waals surface area contributed by atoms with Gasteiger partial charge in [-0.15, -0.1) is 0 Å². The van der Waals surface area contributed by atoms with Crippen LogP contribution in [0.5, 0.6) is 5.75 Å². The van der Waals surface area contributed by atoms with Crippen LogP contribution in [0.2, 0.25) is 0 Å². The van der Waals surface area contributed by atoms with Gasteiger partial charge in [0.05, 0.1) is 0 Å². The molecule has 1 unspecified atom stereocenters. The molecule has 1 atom stereocenters. The van der Waals surface area contributed by atoms with Crippen LogP contribution in [0.15, 0.2) is 30.3 Å². The van der Waals surface area contributed by atoms with Gasteiger partial charge in [0, 0.05) is 17.1 Å². The number of benzene rings is 1. The number of fused-ring (bicyclic) bond motifs is 1. The monoisotopic (exact) mass is 230 g/mol. The summed E-state index contributed by atoms with van der Waals surface area (Å²) in [5, 5.41) is 4.27. The molecule has 3 nitrogen and oxygen atoms in total.